The Balaban J connectivity index is 2.89. The largest absolute Gasteiger partial charge is 0.495 e. The Bertz CT molecular complexity index is 421. The van der Waals surface area contributed by atoms with Gasteiger partial charge < -0.3 is 14.8 Å². The fraction of sp³-hybridized carbons (Fsp3) is 0.462. The van der Waals surface area contributed by atoms with Gasteiger partial charge in [-0.05, 0) is 6.42 Å². The van der Waals surface area contributed by atoms with Crippen LogP contribution in [0, 0.1) is 0 Å². The zero-order valence-electron chi connectivity index (χ0n) is 10.9. The number of hydrogen-bond acceptors (Lipinski definition) is 3. The molecule has 0 aliphatic heterocycles. The first kappa shape index (κ1) is 14.6. The van der Waals surface area contributed by atoms with Crippen molar-refractivity contribution < 1.29 is 14.3 Å². The van der Waals surface area contributed by atoms with Crippen LogP contribution in [0.2, 0.25) is 5.02 Å². The van der Waals surface area contributed by atoms with Gasteiger partial charge in [0.2, 0.25) is 5.91 Å². The first-order valence-electron chi connectivity index (χ1n) is 5.83. The number of anilines is 1. The Morgan fingerprint density at radius 1 is 1.28 bits per heavy atom. The highest BCUT2D eigenvalue weighted by Crippen LogP contribution is 2.35. The predicted octanol–water partition coefficient (Wildman–Crippen LogP) is 3.49. The van der Waals surface area contributed by atoms with E-state index in [-0.39, 0.29) is 5.91 Å². The third kappa shape index (κ3) is 3.81. The number of nitrogens with one attached hydrogen (secondary N) is 1. The lowest BCUT2D eigenvalue weighted by Crippen LogP contribution is -2.12. The zero-order chi connectivity index (χ0) is 13.5. The van der Waals surface area contributed by atoms with E-state index < -0.39 is 0 Å². The highest BCUT2D eigenvalue weighted by atomic mass is 35.5. The molecule has 0 aliphatic rings. The van der Waals surface area contributed by atoms with Crippen LogP contribution in [0.25, 0.3) is 0 Å². The van der Waals surface area contributed by atoms with E-state index in [1.165, 1.54) is 14.2 Å². The molecule has 1 aromatic rings. The lowest BCUT2D eigenvalue weighted by Gasteiger charge is -2.13. The van der Waals surface area contributed by atoms with E-state index in [1.54, 1.807) is 12.1 Å². The van der Waals surface area contributed by atoms with Crippen LogP contribution in [0.3, 0.4) is 0 Å². The van der Waals surface area contributed by atoms with Crippen LogP contribution in [-0.4, -0.2) is 20.1 Å². The van der Waals surface area contributed by atoms with Crippen molar-refractivity contribution in [3.05, 3.63) is 17.2 Å². The molecule has 0 aromatic heterocycles. The van der Waals surface area contributed by atoms with Crippen LogP contribution < -0.4 is 14.8 Å². The molecule has 0 aliphatic carbocycles. The van der Waals surface area contributed by atoms with Crippen LogP contribution in [-0.2, 0) is 4.79 Å². The van der Waals surface area contributed by atoms with Gasteiger partial charge in [0.15, 0.2) is 0 Å². The number of amides is 1. The molecule has 0 saturated heterocycles. The smallest absolute Gasteiger partial charge is 0.224 e. The average molecular weight is 272 g/mol. The van der Waals surface area contributed by atoms with Gasteiger partial charge in [0.1, 0.15) is 11.5 Å². The number of benzene rings is 1. The standard InChI is InChI=1S/C13H18ClNO3/c1-4-5-6-13(16)15-10-8-11(17-2)9(14)7-12(10)18-3/h7-8H,4-6H2,1-3H3,(H,15,16). The van der Waals surface area contributed by atoms with Gasteiger partial charge in [-0.3, -0.25) is 4.79 Å². The average Bonchev–Trinajstić information content (AvgIpc) is 2.37. The Kier molecular flexibility index (Phi) is 5.78. The van der Waals surface area contributed by atoms with Crippen molar-refractivity contribution in [3.63, 3.8) is 0 Å². The molecular weight excluding hydrogens is 254 g/mol. The predicted molar refractivity (Wildman–Crippen MR) is 72.7 cm³/mol. The molecule has 0 atom stereocenters. The van der Waals surface area contributed by atoms with Crippen LogP contribution in [0.1, 0.15) is 26.2 Å². The molecule has 0 fully saturated rings. The molecular formula is C13H18ClNO3. The van der Waals surface area contributed by atoms with Crippen molar-refractivity contribution in [2.75, 3.05) is 19.5 Å². The fourth-order valence-corrected chi connectivity index (χ4v) is 1.74. The number of halogens is 1. The van der Waals surface area contributed by atoms with E-state index in [4.69, 9.17) is 21.1 Å². The highest BCUT2D eigenvalue weighted by Gasteiger charge is 2.12. The van der Waals surface area contributed by atoms with Gasteiger partial charge in [-0.25, -0.2) is 0 Å². The summed E-state index contributed by atoms with van der Waals surface area (Å²) < 4.78 is 10.3. The maximum Gasteiger partial charge on any atom is 0.224 e. The van der Waals surface area contributed by atoms with E-state index in [0.717, 1.165) is 12.8 Å². The van der Waals surface area contributed by atoms with Crippen LogP contribution in [0.5, 0.6) is 11.5 Å². The second kappa shape index (κ2) is 7.11. The van der Waals surface area contributed by atoms with Crippen molar-refractivity contribution in [2.45, 2.75) is 26.2 Å². The van der Waals surface area contributed by atoms with Gasteiger partial charge in [0, 0.05) is 18.6 Å². The molecule has 0 saturated carbocycles. The minimum absolute atomic E-state index is 0.0421. The van der Waals surface area contributed by atoms with Gasteiger partial charge in [0.05, 0.1) is 24.9 Å². The molecule has 1 rings (SSSR count). The topological polar surface area (TPSA) is 47.6 Å². The zero-order valence-corrected chi connectivity index (χ0v) is 11.6. The normalized spacial score (nSPS) is 10.0. The number of unbranched alkanes of at least 4 members (excludes halogenated alkanes) is 1. The summed E-state index contributed by atoms with van der Waals surface area (Å²) in [4.78, 5) is 11.7. The monoisotopic (exact) mass is 271 g/mol. The minimum Gasteiger partial charge on any atom is -0.495 e. The highest BCUT2D eigenvalue weighted by molar-refractivity contribution is 6.32. The quantitative estimate of drug-likeness (QED) is 0.862. The van der Waals surface area contributed by atoms with Gasteiger partial charge >= 0.3 is 0 Å². The molecule has 0 unspecified atom stereocenters. The lowest BCUT2D eigenvalue weighted by atomic mass is 10.2. The summed E-state index contributed by atoms with van der Waals surface area (Å²) in [7, 11) is 3.05. The molecule has 0 heterocycles. The summed E-state index contributed by atoms with van der Waals surface area (Å²) in [5.74, 6) is 0.980. The van der Waals surface area contributed by atoms with Crippen molar-refractivity contribution in [2.24, 2.45) is 0 Å². The third-order valence-corrected chi connectivity index (χ3v) is 2.80. The summed E-state index contributed by atoms with van der Waals surface area (Å²) >= 11 is 5.98. The van der Waals surface area contributed by atoms with Crippen molar-refractivity contribution in [1.29, 1.82) is 0 Å². The molecule has 1 aromatic carbocycles. The number of rotatable bonds is 6. The first-order chi connectivity index (χ1) is 8.62. The van der Waals surface area contributed by atoms with Gasteiger partial charge in [-0.2, -0.15) is 0 Å². The number of ether oxygens (including phenoxy) is 2. The van der Waals surface area contributed by atoms with E-state index in [9.17, 15) is 4.79 Å². The third-order valence-electron chi connectivity index (χ3n) is 2.51. The molecule has 1 amide bonds. The molecule has 0 bridgehead atoms. The maximum absolute atomic E-state index is 11.7. The molecule has 0 spiro atoms. The second-order valence-corrected chi connectivity index (χ2v) is 4.25. The molecule has 100 valence electrons. The number of hydrogen-bond donors (Lipinski definition) is 1. The van der Waals surface area contributed by atoms with Crippen LogP contribution in [0.15, 0.2) is 12.1 Å². The first-order valence-corrected chi connectivity index (χ1v) is 6.21. The number of methoxy groups -OCH3 is 2. The van der Waals surface area contributed by atoms with E-state index >= 15 is 0 Å². The Morgan fingerprint density at radius 2 is 1.94 bits per heavy atom. The van der Waals surface area contributed by atoms with Crippen LogP contribution in [0.4, 0.5) is 5.69 Å². The maximum atomic E-state index is 11.7. The van der Waals surface area contributed by atoms with Crippen molar-refractivity contribution >= 4 is 23.2 Å². The Labute approximate surface area is 112 Å². The summed E-state index contributed by atoms with van der Waals surface area (Å²) in [6.07, 6.45) is 2.33. The van der Waals surface area contributed by atoms with Crippen LogP contribution >= 0.6 is 11.6 Å². The second-order valence-electron chi connectivity index (χ2n) is 3.84. The van der Waals surface area contributed by atoms with E-state index in [2.05, 4.69) is 5.32 Å². The molecule has 4 nitrogen and oxygen atoms in total. The van der Waals surface area contributed by atoms with Crippen molar-refractivity contribution in [3.8, 4) is 11.5 Å². The van der Waals surface area contributed by atoms with Gasteiger partial charge in [-0.1, -0.05) is 24.9 Å². The summed E-state index contributed by atoms with van der Waals surface area (Å²) in [6, 6.07) is 3.28. The SMILES string of the molecule is CCCCC(=O)Nc1cc(OC)c(Cl)cc1OC. The molecule has 5 heteroatoms. The summed E-state index contributed by atoms with van der Waals surface area (Å²) in [6.45, 7) is 2.04. The molecule has 18 heavy (non-hydrogen) atoms. The Hall–Kier alpha value is -1.42. The lowest BCUT2D eigenvalue weighted by molar-refractivity contribution is -0.116. The van der Waals surface area contributed by atoms with Gasteiger partial charge in [0.25, 0.3) is 0 Å². The summed E-state index contributed by atoms with van der Waals surface area (Å²) in [5, 5.41) is 3.24. The Morgan fingerprint density at radius 3 is 2.50 bits per heavy atom. The number of carbonyl (C=O) groups excluding carboxylic acids is 1. The van der Waals surface area contributed by atoms with Gasteiger partial charge in [-0.15, -0.1) is 0 Å². The molecule has 1 N–H and O–H groups in total. The van der Waals surface area contributed by atoms with Crippen molar-refractivity contribution in [1.82, 2.24) is 0 Å². The van der Waals surface area contributed by atoms with E-state index in [0.29, 0.717) is 28.6 Å². The molecule has 0 radical (unpaired) electrons. The van der Waals surface area contributed by atoms with E-state index in [1.807, 2.05) is 6.92 Å². The summed E-state index contributed by atoms with van der Waals surface area (Å²) in [5.41, 5.74) is 0.569. The fourth-order valence-electron chi connectivity index (χ4n) is 1.51. The number of carbonyl (C=O) groups is 1. The minimum atomic E-state index is -0.0421.